The second kappa shape index (κ2) is 5.27. The van der Waals surface area contributed by atoms with E-state index in [1.807, 2.05) is 6.92 Å². The van der Waals surface area contributed by atoms with E-state index in [0.29, 0.717) is 17.7 Å². The summed E-state index contributed by atoms with van der Waals surface area (Å²) in [7, 11) is 0. The molecule has 16 heavy (non-hydrogen) atoms. The van der Waals surface area contributed by atoms with Crippen LogP contribution >= 0.6 is 0 Å². The average Bonchev–Trinajstić information content (AvgIpc) is 2.28. The van der Waals surface area contributed by atoms with Crippen LogP contribution in [-0.2, 0) is 0 Å². The molecule has 0 fully saturated rings. The van der Waals surface area contributed by atoms with Gasteiger partial charge in [0, 0.05) is 23.7 Å². The van der Waals surface area contributed by atoms with Gasteiger partial charge >= 0.3 is 0 Å². The average molecular weight is 221 g/mol. The lowest BCUT2D eigenvalue weighted by atomic mass is 10.1. The van der Waals surface area contributed by atoms with E-state index in [4.69, 9.17) is 11.5 Å². The summed E-state index contributed by atoms with van der Waals surface area (Å²) in [4.78, 5) is 22.4. The fraction of sp³-hybridized carbons (Fsp3) is 0.273. The third kappa shape index (κ3) is 3.06. The van der Waals surface area contributed by atoms with Gasteiger partial charge in [-0.1, -0.05) is 0 Å². The second-order valence-electron chi connectivity index (χ2n) is 3.55. The fourth-order valence-corrected chi connectivity index (χ4v) is 1.15. The molecule has 5 nitrogen and oxygen atoms in total. The summed E-state index contributed by atoms with van der Waals surface area (Å²) in [5, 5.41) is 2.71. The lowest BCUT2D eigenvalue weighted by Gasteiger charge is -2.11. The van der Waals surface area contributed by atoms with Crippen LogP contribution in [0.4, 0.5) is 0 Å². The van der Waals surface area contributed by atoms with E-state index in [9.17, 15) is 9.59 Å². The van der Waals surface area contributed by atoms with Crippen molar-refractivity contribution >= 4 is 11.8 Å². The van der Waals surface area contributed by atoms with Gasteiger partial charge in [-0.25, -0.2) is 0 Å². The quantitative estimate of drug-likeness (QED) is 0.660. The molecule has 1 aromatic carbocycles. The molecule has 1 aromatic rings. The predicted octanol–water partition coefficient (Wildman–Crippen LogP) is -0.137. The lowest BCUT2D eigenvalue weighted by molar-refractivity contribution is 0.0939. The highest BCUT2D eigenvalue weighted by atomic mass is 16.2. The Labute approximate surface area is 93.8 Å². The molecule has 5 N–H and O–H groups in total. The van der Waals surface area contributed by atoms with E-state index in [-0.39, 0.29) is 11.9 Å². The van der Waals surface area contributed by atoms with Crippen molar-refractivity contribution in [1.29, 1.82) is 0 Å². The van der Waals surface area contributed by atoms with Crippen molar-refractivity contribution in [2.75, 3.05) is 6.54 Å². The van der Waals surface area contributed by atoms with Gasteiger partial charge in [0.05, 0.1) is 0 Å². The van der Waals surface area contributed by atoms with Crippen LogP contribution in [0, 0.1) is 0 Å². The highest BCUT2D eigenvalue weighted by molar-refractivity contribution is 5.97. The van der Waals surface area contributed by atoms with Gasteiger partial charge in [-0.3, -0.25) is 9.59 Å². The molecule has 86 valence electrons. The normalized spacial score (nSPS) is 11.9. The number of carbonyl (C=O) groups is 2. The molecule has 0 radical (unpaired) electrons. The Morgan fingerprint density at radius 3 is 2.19 bits per heavy atom. The summed E-state index contributed by atoms with van der Waals surface area (Å²) >= 11 is 0. The largest absolute Gasteiger partial charge is 0.366 e. The minimum Gasteiger partial charge on any atom is -0.366 e. The maximum atomic E-state index is 11.6. The number of primary amides is 1. The number of benzene rings is 1. The zero-order valence-corrected chi connectivity index (χ0v) is 9.07. The van der Waals surface area contributed by atoms with E-state index in [2.05, 4.69) is 5.32 Å². The molecule has 0 aliphatic heterocycles. The van der Waals surface area contributed by atoms with Gasteiger partial charge in [0.1, 0.15) is 0 Å². The van der Waals surface area contributed by atoms with Crippen LogP contribution in [0.3, 0.4) is 0 Å². The van der Waals surface area contributed by atoms with Crippen molar-refractivity contribution in [3.8, 4) is 0 Å². The maximum Gasteiger partial charge on any atom is 0.251 e. The monoisotopic (exact) mass is 221 g/mol. The van der Waals surface area contributed by atoms with E-state index >= 15 is 0 Å². The number of rotatable bonds is 4. The smallest absolute Gasteiger partial charge is 0.251 e. The van der Waals surface area contributed by atoms with Gasteiger partial charge in [-0.15, -0.1) is 0 Å². The third-order valence-corrected chi connectivity index (χ3v) is 2.16. The molecule has 0 heterocycles. The molecule has 0 aliphatic rings. The van der Waals surface area contributed by atoms with Gasteiger partial charge < -0.3 is 16.8 Å². The van der Waals surface area contributed by atoms with Crippen molar-refractivity contribution in [3.05, 3.63) is 35.4 Å². The number of carbonyl (C=O) groups excluding carboxylic acids is 2. The van der Waals surface area contributed by atoms with Crippen LogP contribution in [0.15, 0.2) is 24.3 Å². The highest BCUT2D eigenvalue weighted by Gasteiger charge is 2.08. The Kier molecular flexibility index (Phi) is 4.02. The van der Waals surface area contributed by atoms with Crippen molar-refractivity contribution in [3.63, 3.8) is 0 Å². The van der Waals surface area contributed by atoms with Crippen molar-refractivity contribution in [1.82, 2.24) is 5.32 Å². The van der Waals surface area contributed by atoms with Crippen molar-refractivity contribution in [2.24, 2.45) is 11.5 Å². The molecule has 0 aromatic heterocycles. The molecule has 0 bridgehead atoms. The Balaban J connectivity index is 2.74. The molecule has 0 aliphatic carbocycles. The zero-order valence-electron chi connectivity index (χ0n) is 9.07. The van der Waals surface area contributed by atoms with Crippen LogP contribution in [0.2, 0.25) is 0 Å². The van der Waals surface area contributed by atoms with Crippen LogP contribution in [0.5, 0.6) is 0 Å². The number of hydrogen-bond acceptors (Lipinski definition) is 3. The first kappa shape index (κ1) is 12.2. The standard InChI is InChI=1S/C11H15N3O2/c1-7(6-12)14-11(16)9-4-2-8(3-5-9)10(13)15/h2-5,7H,6,12H2,1H3,(H2,13,15)(H,14,16)/t7-/m0/s1. The van der Waals surface area contributed by atoms with E-state index in [0.717, 1.165) is 0 Å². The van der Waals surface area contributed by atoms with Gasteiger partial charge in [-0.2, -0.15) is 0 Å². The molecule has 0 spiro atoms. The summed E-state index contributed by atoms with van der Waals surface area (Å²) in [5.41, 5.74) is 11.3. The topological polar surface area (TPSA) is 98.2 Å². The summed E-state index contributed by atoms with van der Waals surface area (Å²) in [6.45, 7) is 2.20. The van der Waals surface area contributed by atoms with Gasteiger partial charge in [0.25, 0.3) is 5.91 Å². The molecule has 2 amide bonds. The summed E-state index contributed by atoms with van der Waals surface area (Å²) in [6, 6.07) is 6.06. The molecule has 0 saturated heterocycles. The summed E-state index contributed by atoms with van der Waals surface area (Å²) in [6.07, 6.45) is 0. The Morgan fingerprint density at radius 1 is 1.25 bits per heavy atom. The molecule has 1 rings (SSSR count). The second-order valence-corrected chi connectivity index (χ2v) is 3.55. The van der Waals surface area contributed by atoms with Crippen LogP contribution in [-0.4, -0.2) is 24.4 Å². The van der Waals surface area contributed by atoms with E-state index in [1.165, 1.54) is 12.1 Å². The molecular weight excluding hydrogens is 206 g/mol. The van der Waals surface area contributed by atoms with Gasteiger partial charge in [0.2, 0.25) is 5.91 Å². The first-order valence-electron chi connectivity index (χ1n) is 4.95. The SMILES string of the molecule is C[C@@H](CN)NC(=O)c1ccc(C(N)=O)cc1. The van der Waals surface area contributed by atoms with Crippen molar-refractivity contribution in [2.45, 2.75) is 13.0 Å². The molecule has 0 saturated carbocycles. The highest BCUT2D eigenvalue weighted by Crippen LogP contribution is 2.04. The minimum atomic E-state index is -0.512. The fourth-order valence-electron chi connectivity index (χ4n) is 1.15. The van der Waals surface area contributed by atoms with Crippen molar-refractivity contribution < 1.29 is 9.59 Å². The molecular formula is C11H15N3O2. The van der Waals surface area contributed by atoms with Crippen LogP contribution in [0.25, 0.3) is 0 Å². The number of hydrogen-bond donors (Lipinski definition) is 3. The molecule has 5 heteroatoms. The number of amides is 2. The van der Waals surface area contributed by atoms with Gasteiger partial charge in [-0.05, 0) is 31.2 Å². The molecule has 0 unspecified atom stereocenters. The Morgan fingerprint density at radius 2 is 1.75 bits per heavy atom. The van der Waals surface area contributed by atoms with Crippen LogP contribution < -0.4 is 16.8 Å². The van der Waals surface area contributed by atoms with E-state index in [1.54, 1.807) is 12.1 Å². The summed E-state index contributed by atoms with van der Waals surface area (Å²) in [5.74, 6) is -0.726. The molecule has 1 atom stereocenters. The van der Waals surface area contributed by atoms with Crippen LogP contribution in [0.1, 0.15) is 27.6 Å². The maximum absolute atomic E-state index is 11.6. The first-order valence-corrected chi connectivity index (χ1v) is 4.95. The minimum absolute atomic E-state index is 0.0803. The number of nitrogens with two attached hydrogens (primary N) is 2. The Bertz CT molecular complexity index is 387. The van der Waals surface area contributed by atoms with Gasteiger partial charge in [0.15, 0.2) is 0 Å². The van der Waals surface area contributed by atoms with E-state index < -0.39 is 5.91 Å². The Hall–Kier alpha value is -1.88. The predicted molar refractivity (Wildman–Crippen MR) is 60.9 cm³/mol. The number of nitrogens with one attached hydrogen (secondary N) is 1. The third-order valence-electron chi connectivity index (χ3n) is 2.16. The summed E-state index contributed by atoms with van der Waals surface area (Å²) < 4.78 is 0. The lowest BCUT2D eigenvalue weighted by Crippen LogP contribution is -2.37. The first-order chi connectivity index (χ1) is 7.54. The zero-order chi connectivity index (χ0) is 12.1.